The van der Waals surface area contributed by atoms with Gasteiger partial charge in [-0.25, -0.2) is 14.5 Å². The van der Waals surface area contributed by atoms with Gasteiger partial charge in [0.15, 0.2) is 29.2 Å². The first-order valence-electron chi connectivity index (χ1n) is 22.6. The molecule has 0 aliphatic carbocycles. The minimum absolute atomic E-state index is 0.00261. The SMILES string of the molecule is C=CCOC(=O)N1C[C@@H]2CC(c3ccsc3)=CCN2C(=O)c2cc(OC)c(OCc3cccc(COc4cc5c(cc4OC)C(=O)N4CC=C(c6ccsc6)CC4[C@H](OC)N5C(=O)OCC=C)c3)cc21. The molecule has 362 valence electrons. The van der Waals surface area contributed by atoms with Gasteiger partial charge in [0.2, 0.25) is 0 Å². The number of benzene rings is 3. The van der Waals surface area contributed by atoms with E-state index in [0.29, 0.717) is 43.1 Å². The topological polar surface area (TPSA) is 146 Å². The molecule has 4 aliphatic rings. The Morgan fingerprint density at radius 1 is 0.686 bits per heavy atom. The molecular weight excluding hydrogens is 933 g/mol. The summed E-state index contributed by atoms with van der Waals surface area (Å²) in [6.45, 7) is 8.40. The van der Waals surface area contributed by atoms with Gasteiger partial charge < -0.3 is 43.0 Å². The number of amides is 4. The van der Waals surface area contributed by atoms with E-state index in [1.54, 1.807) is 56.7 Å². The number of thiophene rings is 2. The molecule has 15 nitrogen and oxygen atoms in total. The van der Waals surface area contributed by atoms with E-state index >= 15 is 0 Å². The van der Waals surface area contributed by atoms with E-state index in [1.807, 2.05) is 47.2 Å². The van der Waals surface area contributed by atoms with Crippen LogP contribution in [0.4, 0.5) is 21.0 Å². The van der Waals surface area contributed by atoms with Gasteiger partial charge in [-0.1, -0.05) is 55.7 Å². The summed E-state index contributed by atoms with van der Waals surface area (Å²) < 4.78 is 41.7. The van der Waals surface area contributed by atoms with Crippen molar-refractivity contribution in [2.75, 3.05) is 64.0 Å². The fraction of sp³-hybridized carbons (Fsp3) is 0.283. The van der Waals surface area contributed by atoms with Crippen LogP contribution in [0.25, 0.3) is 11.1 Å². The molecular formula is C53H52N4O11S2. The molecule has 4 amide bonds. The highest BCUT2D eigenvalue weighted by Gasteiger charge is 2.46. The number of hydrogen-bond acceptors (Lipinski definition) is 13. The summed E-state index contributed by atoms with van der Waals surface area (Å²) in [5.41, 5.74) is 7.00. The van der Waals surface area contributed by atoms with E-state index in [1.165, 1.54) is 43.3 Å². The highest BCUT2D eigenvalue weighted by Crippen LogP contribution is 2.44. The summed E-state index contributed by atoms with van der Waals surface area (Å²) in [4.78, 5) is 62.9. The van der Waals surface area contributed by atoms with E-state index in [4.69, 9.17) is 33.2 Å². The van der Waals surface area contributed by atoms with E-state index in [0.717, 1.165) is 33.4 Å². The van der Waals surface area contributed by atoms with E-state index < -0.39 is 24.5 Å². The monoisotopic (exact) mass is 984 g/mol. The zero-order chi connectivity index (χ0) is 48.9. The summed E-state index contributed by atoms with van der Waals surface area (Å²) in [7, 11) is 4.50. The third-order valence-electron chi connectivity index (χ3n) is 12.7. The number of hydrogen-bond donors (Lipinski definition) is 0. The van der Waals surface area contributed by atoms with Crippen LogP contribution in [0, 0.1) is 0 Å². The van der Waals surface area contributed by atoms with Crippen molar-refractivity contribution >= 4 is 69.2 Å². The molecule has 9 rings (SSSR count). The second kappa shape index (κ2) is 21.1. The Balaban J connectivity index is 0.961. The first kappa shape index (κ1) is 47.7. The van der Waals surface area contributed by atoms with E-state index in [2.05, 4.69) is 36.1 Å². The highest BCUT2D eigenvalue weighted by molar-refractivity contribution is 7.08. The van der Waals surface area contributed by atoms with Crippen LogP contribution in [-0.2, 0) is 27.4 Å². The summed E-state index contributed by atoms with van der Waals surface area (Å²) in [6.07, 6.45) is 5.84. The molecule has 0 N–H and O–H groups in total. The molecule has 3 aromatic carbocycles. The van der Waals surface area contributed by atoms with Crippen LogP contribution in [0.15, 0.2) is 120 Å². The van der Waals surface area contributed by atoms with Crippen molar-refractivity contribution < 1.29 is 52.3 Å². The molecule has 4 aliphatic heterocycles. The van der Waals surface area contributed by atoms with Gasteiger partial charge in [-0.05, 0) is 98.1 Å². The lowest BCUT2D eigenvalue weighted by Crippen LogP contribution is -2.55. The largest absolute Gasteiger partial charge is 0.493 e. The molecule has 17 heteroatoms. The van der Waals surface area contributed by atoms with Crippen molar-refractivity contribution in [3.05, 3.63) is 153 Å². The fourth-order valence-corrected chi connectivity index (χ4v) is 10.7. The quantitative estimate of drug-likeness (QED) is 0.0925. The number of fused-ring (bicyclic) bond motifs is 4. The average molecular weight is 985 g/mol. The van der Waals surface area contributed by atoms with E-state index in [-0.39, 0.29) is 79.1 Å². The number of carbonyl (C=O) groups is 4. The summed E-state index contributed by atoms with van der Waals surface area (Å²) in [5.74, 6) is 0.672. The number of ether oxygens (including phenoxy) is 7. The van der Waals surface area contributed by atoms with Crippen LogP contribution in [0.5, 0.6) is 23.0 Å². The molecule has 2 aromatic heterocycles. The van der Waals surface area contributed by atoms with Gasteiger partial charge >= 0.3 is 12.2 Å². The third kappa shape index (κ3) is 9.51. The first-order valence-corrected chi connectivity index (χ1v) is 24.5. The second-order valence-electron chi connectivity index (χ2n) is 16.8. The van der Waals surface area contributed by atoms with Crippen molar-refractivity contribution in [1.29, 1.82) is 0 Å². The normalized spacial score (nSPS) is 18.4. The molecule has 0 saturated heterocycles. The maximum atomic E-state index is 14.5. The number of anilines is 2. The maximum Gasteiger partial charge on any atom is 0.416 e. The number of methoxy groups -OCH3 is 3. The van der Waals surface area contributed by atoms with Gasteiger partial charge in [0.1, 0.15) is 26.4 Å². The molecule has 0 fully saturated rings. The molecule has 1 unspecified atom stereocenters. The lowest BCUT2D eigenvalue weighted by molar-refractivity contribution is 0.0175. The second-order valence-corrected chi connectivity index (χ2v) is 18.4. The molecule has 0 radical (unpaired) electrons. The molecule has 5 aromatic rings. The van der Waals surface area contributed by atoms with Crippen molar-refractivity contribution in [3.8, 4) is 23.0 Å². The highest BCUT2D eigenvalue weighted by atomic mass is 32.1. The van der Waals surface area contributed by atoms with Crippen molar-refractivity contribution in [2.24, 2.45) is 0 Å². The molecule has 70 heavy (non-hydrogen) atoms. The Bertz CT molecular complexity index is 2860. The molecule has 3 atom stereocenters. The van der Waals surface area contributed by atoms with Gasteiger partial charge in [0.25, 0.3) is 11.8 Å². The van der Waals surface area contributed by atoms with Crippen LogP contribution in [0.2, 0.25) is 0 Å². The Labute approximate surface area is 413 Å². The Morgan fingerprint density at radius 2 is 1.24 bits per heavy atom. The van der Waals surface area contributed by atoms with Crippen LogP contribution in [0.1, 0.15) is 55.8 Å². The van der Waals surface area contributed by atoms with E-state index in [9.17, 15) is 19.2 Å². The summed E-state index contributed by atoms with van der Waals surface area (Å²) in [5, 5.41) is 8.17. The molecule has 0 saturated carbocycles. The first-order chi connectivity index (χ1) is 34.1. The number of carbonyl (C=O) groups excluding carboxylic acids is 4. The molecule has 0 bridgehead atoms. The average Bonchev–Trinajstić information content (AvgIpc) is 4.12. The zero-order valence-electron chi connectivity index (χ0n) is 39.0. The number of nitrogens with zero attached hydrogens (tertiary/aromatic N) is 4. The lowest BCUT2D eigenvalue weighted by Gasteiger charge is -2.40. The van der Waals surface area contributed by atoms with Gasteiger partial charge in [-0.3, -0.25) is 14.5 Å². The minimum Gasteiger partial charge on any atom is -0.493 e. The number of rotatable bonds is 15. The Kier molecular flexibility index (Phi) is 14.4. The predicted molar refractivity (Wildman–Crippen MR) is 268 cm³/mol. The zero-order valence-corrected chi connectivity index (χ0v) is 40.6. The molecule has 0 spiro atoms. The van der Waals surface area contributed by atoms with Crippen LogP contribution >= 0.6 is 22.7 Å². The van der Waals surface area contributed by atoms with Gasteiger partial charge in [-0.15, -0.1) is 0 Å². The Morgan fingerprint density at radius 3 is 1.81 bits per heavy atom. The predicted octanol–water partition coefficient (Wildman–Crippen LogP) is 9.84. The van der Waals surface area contributed by atoms with Crippen LogP contribution in [0.3, 0.4) is 0 Å². The van der Waals surface area contributed by atoms with Crippen molar-refractivity contribution in [2.45, 2.75) is 44.4 Å². The summed E-state index contributed by atoms with van der Waals surface area (Å²) in [6, 6.07) is 17.3. The van der Waals surface area contributed by atoms with Gasteiger partial charge in [0.05, 0.1) is 55.3 Å². The maximum absolute atomic E-state index is 14.5. The van der Waals surface area contributed by atoms with Crippen molar-refractivity contribution in [3.63, 3.8) is 0 Å². The van der Waals surface area contributed by atoms with Gasteiger partial charge in [-0.2, -0.15) is 22.7 Å². The lowest BCUT2D eigenvalue weighted by atomic mass is 9.94. The van der Waals surface area contributed by atoms with Crippen LogP contribution in [-0.4, -0.2) is 106 Å². The molecule has 6 heterocycles. The van der Waals surface area contributed by atoms with Crippen LogP contribution < -0.4 is 28.7 Å². The minimum atomic E-state index is -0.917. The van der Waals surface area contributed by atoms with Crippen molar-refractivity contribution in [1.82, 2.24) is 9.80 Å². The third-order valence-corrected chi connectivity index (χ3v) is 14.1. The van der Waals surface area contributed by atoms with Gasteiger partial charge in [0, 0.05) is 32.3 Å². The fourth-order valence-electron chi connectivity index (χ4n) is 9.35. The summed E-state index contributed by atoms with van der Waals surface area (Å²) >= 11 is 3.19. The smallest absolute Gasteiger partial charge is 0.416 e. The standard InChI is InChI=1S/C53H52N4O11S2/c1-6-17-65-52(60)56-28-39-22-35(37-13-19-69-31-37)11-15-54(39)49(58)40-24-45(62-3)47(26-42(40)56)67-29-33-9-8-10-34(21-33)30-68-48-27-43-41(25-46(48)63-4)50(59)55-16-12-36(38-14-20-70-32-38)23-44(55)51(64-5)57(43)53(61)66-18-7-2/h6-14,19-21,24-27,31-32,39,44,51H,1-2,15-18,22-23,28-30H2,3-5H3/t39-,44?,51-/m0/s1. The Hall–Kier alpha value is -7.34.